The van der Waals surface area contributed by atoms with Gasteiger partial charge in [-0.05, 0) is 6.42 Å². The topological polar surface area (TPSA) is 66.4 Å². The summed E-state index contributed by atoms with van der Waals surface area (Å²) in [5, 5.41) is 11.2. The molecule has 0 aliphatic heterocycles. The molecule has 0 unspecified atom stereocenters. The number of alkyl halides is 2. The summed E-state index contributed by atoms with van der Waals surface area (Å²) in [4.78, 5) is 22.3. The Morgan fingerprint density at radius 1 is 1.47 bits per heavy atom. The maximum absolute atomic E-state index is 12.6. The largest absolute Gasteiger partial charge is 0.480 e. The van der Waals surface area contributed by atoms with Crippen molar-refractivity contribution in [3.05, 3.63) is 0 Å². The SMILES string of the molecule is CCCC[C@H](NC(=O)C1CC(F)(F)C1)C(=O)O. The molecule has 6 heteroatoms. The first-order chi connectivity index (χ1) is 7.85. The third kappa shape index (κ3) is 3.94. The smallest absolute Gasteiger partial charge is 0.326 e. The molecule has 1 atom stereocenters. The molecule has 1 aliphatic carbocycles. The van der Waals surface area contributed by atoms with Crippen LogP contribution in [0.15, 0.2) is 0 Å². The third-order valence-corrected chi connectivity index (χ3v) is 2.92. The minimum atomic E-state index is -2.76. The summed E-state index contributed by atoms with van der Waals surface area (Å²) in [7, 11) is 0. The highest BCUT2D eigenvalue weighted by molar-refractivity contribution is 5.85. The van der Waals surface area contributed by atoms with E-state index in [0.717, 1.165) is 6.42 Å². The number of aliphatic carboxylic acids is 1. The number of carbonyl (C=O) groups excluding carboxylic acids is 1. The van der Waals surface area contributed by atoms with E-state index in [1.54, 1.807) is 0 Å². The fourth-order valence-electron chi connectivity index (χ4n) is 1.80. The minimum Gasteiger partial charge on any atom is -0.480 e. The van der Waals surface area contributed by atoms with Crippen molar-refractivity contribution in [3.8, 4) is 0 Å². The van der Waals surface area contributed by atoms with E-state index in [0.29, 0.717) is 12.8 Å². The van der Waals surface area contributed by atoms with Crippen molar-refractivity contribution in [2.24, 2.45) is 5.92 Å². The number of amides is 1. The van der Waals surface area contributed by atoms with Gasteiger partial charge in [0.15, 0.2) is 0 Å². The molecule has 0 bridgehead atoms. The summed E-state index contributed by atoms with van der Waals surface area (Å²) in [5.41, 5.74) is 0. The summed E-state index contributed by atoms with van der Waals surface area (Å²) in [6, 6.07) is -0.961. The number of rotatable bonds is 6. The maximum Gasteiger partial charge on any atom is 0.326 e. The number of unbranched alkanes of at least 4 members (excludes halogenated alkanes) is 1. The van der Waals surface area contributed by atoms with Gasteiger partial charge in [-0.25, -0.2) is 13.6 Å². The molecule has 0 aromatic rings. The first-order valence-corrected chi connectivity index (χ1v) is 5.76. The van der Waals surface area contributed by atoms with Gasteiger partial charge in [-0.1, -0.05) is 19.8 Å². The zero-order valence-electron chi connectivity index (χ0n) is 9.71. The standard InChI is InChI=1S/C11H17F2NO3/c1-2-3-4-8(10(16)17)14-9(15)7-5-11(12,13)6-7/h7-8H,2-6H2,1H3,(H,14,15)(H,16,17)/t8-/m0/s1. The van der Waals surface area contributed by atoms with Gasteiger partial charge in [0.1, 0.15) is 6.04 Å². The molecule has 0 heterocycles. The number of carbonyl (C=O) groups is 2. The molecule has 4 nitrogen and oxygen atoms in total. The predicted molar refractivity (Wildman–Crippen MR) is 56.8 cm³/mol. The van der Waals surface area contributed by atoms with Gasteiger partial charge in [0.25, 0.3) is 0 Å². The summed E-state index contributed by atoms with van der Waals surface area (Å²) < 4.78 is 25.1. The second-order valence-electron chi connectivity index (χ2n) is 4.50. The van der Waals surface area contributed by atoms with Gasteiger partial charge in [0, 0.05) is 18.8 Å². The lowest BCUT2D eigenvalue weighted by Gasteiger charge is -2.34. The zero-order valence-corrected chi connectivity index (χ0v) is 9.71. The Balaban J connectivity index is 2.40. The van der Waals surface area contributed by atoms with Gasteiger partial charge in [0.05, 0.1) is 0 Å². The molecule has 2 N–H and O–H groups in total. The highest BCUT2D eigenvalue weighted by Gasteiger charge is 2.49. The predicted octanol–water partition coefficient (Wildman–Crippen LogP) is 1.79. The van der Waals surface area contributed by atoms with Crippen molar-refractivity contribution in [1.29, 1.82) is 0 Å². The molecule has 0 saturated heterocycles. The van der Waals surface area contributed by atoms with Gasteiger partial charge >= 0.3 is 5.97 Å². The van der Waals surface area contributed by atoms with E-state index in [-0.39, 0.29) is 0 Å². The highest BCUT2D eigenvalue weighted by atomic mass is 19.3. The van der Waals surface area contributed by atoms with Crippen molar-refractivity contribution in [2.75, 3.05) is 0 Å². The van der Waals surface area contributed by atoms with E-state index in [9.17, 15) is 18.4 Å². The third-order valence-electron chi connectivity index (χ3n) is 2.92. The molecule has 17 heavy (non-hydrogen) atoms. The summed E-state index contributed by atoms with van der Waals surface area (Å²) in [6.07, 6.45) is 0.887. The second-order valence-corrected chi connectivity index (χ2v) is 4.50. The lowest BCUT2D eigenvalue weighted by molar-refractivity contribution is -0.153. The first-order valence-electron chi connectivity index (χ1n) is 5.76. The van der Waals surface area contributed by atoms with Crippen LogP contribution in [-0.4, -0.2) is 28.9 Å². The zero-order chi connectivity index (χ0) is 13.1. The monoisotopic (exact) mass is 249 g/mol. The van der Waals surface area contributed by atoms with E-state index in [4.69, 9.17) is 5.11 Å². The number of hydrogen-bond acceptors (Lipinski definition) is 2. The molecular formula is C11H17F2NO3. The molecule has 0 radical (unpaired) electrons. The van der Waals surface area contributed by atoms with Crippen LogP contribution in [0.3, 0.4) is 0 Å². The molecule has 0 aromatic carbocycles. The minimum absolute atomic E-state index is 0.334. The lowest BCUT2D eigenvalue weighted by atomic mass is 9.80. The lowest BCUT2D eigenvalue weighted by Crippen LogP contribution is -2.49. The van der Waals surface area contributed by atoms with Crippen LogP contribution in [0.5, 0.6) is 0 Å². The first kappa shape index (κ1) is 13.9. The second kappa shape index (κ2) is 5.42. The van der Waals surface area contributed by atoms with Crippen LogP contribution < -0.4 is 5.32 Å². The number of carboxylic acid groups (broad SMARTS) is 1. The van der Waals surface area contributed by atoms with Gasteiger partial charge in [-0.15, -0.1) is 0 Å². The number of nitrogens with one attached hydrogen (secondary N) is 1. The van der Waals surface area contributed by atoms with Crippen LogP contribution in [0.4, 0.5) is 8.78 Å². The summed E-state index contributed by atoms with van der Waals surface area (Å²) in [6.45, 7) is 1.91. The number of carboxylic acids is 1. The fraction of sp³-hybridized carbons (Fsp3) is 0.818. The Bertz CT molecular complexity index is 299. The summed E-state index contributed by atoms with van der Waals surface area (Å²) >= 11 is 0. The van der Waals surface area contributed by atoms with E-state index >= 15 is 0 Å². The Morgan fingerprint density at radius 3 is 2.47 bits per heavy atom. The van der Waals surface area contributed by atoms with E-state index in [2.05, 4.69) is 5.32 Å². The van der Waals surface area contributed by atoms with Crippen molar-refractivity contribution >= 4 is 11.9 Å². The molecular weight excluding hydrogens is 232 g/mol. The van der Waals surface area contributed by atoms with Gasteiger partial charge in [-0.2, -0.15) is 0 Å². The normalized spacial score (nSPS) is 20.4. The van der Waals surface area contributed by atoms with Crippen LogP contribution in [0.1, 0.15) is 39.0 Å². The average Bonchev–Trinajstić information content (AvgIpc) is 2.19. The molecule has 1 amide bonds. The maximum atomic E-state index is 12.6. The van der Waals surface area contributed by atoms with Gasteiger partial charge in [-0.3, -0.25) is 4.79 Å². The van der Waals surface area contributed by atoms with Crippen molar-refractivity contribution in [2.45, 2.75) is 51.0 Å². The molecule has 98 valence electrons. The van der Waals surface area contributed by atoms with Crippen molar-refractivity contribution in [1.82, 2.24) is 5.32 Å². The summed E-state index contributed by atoms with van der Waals surface area (Å²) in [5.74, 6) is -5.18. The highest BCUT2D eigenvalue weighted by Crippen LogP contribution is 2.42. The van der Waals surface area contributed by atoms with E-state index < -0.39 is 42.6 Å². The molecule has 0 aromatic heterocycles. The van der Waals surface area contributed by atoms with Crippen LogP contribution >= 0.6 is 0 Å². The Hall–Kier alpha value is -1.20. The Labute approximate surface area is 98.4 Å². The Kier molecular flexibility index (Phi) is 4.42. The molecule has 1 aliphatic rings. The van der Waals surface area contributed by atoms with Crippen LogP contribution in [-0.2, 0) is 9.59 Å². The van der Waals surface area contributed by atoms with Crippen LogP contribution in [0.25, 0.3) is 0 Å². The Morgan fingerprint density at radius 2 is 2.06 bits per heavy atom. The molecule has 1 saturated carbocycles. The fourth-order valence-corrected chi connectivity index (χ4v) is 1.80. The van der Waals surface area contributed by atoms with Crippen molar-refractivity contribution in [3.63, 3.8) is 0 Å². The van der Waals surface area contributed by atoms with Gasteiger partial charge in [0.2, 0.25) is 11.8 Å². The quantitative estimate of drug-likeness (QED) is 0.754. The van der Waals surface area contributed by atoms with Crippen molar-refractivity contribution < 1.29 is 23.5 Å². The van der Waals surface area contributed by atoms with E-state index in [1.165, 1.54) is 0 Å². The number of halogens is 2. The van der Waals surface area contributed by atoms with E-state index in [1.807, 2.05) is 6.92 Å². The molecule has 1 fully saturated rings. The van der Waals surface area contributed by atoms with Crippen LogP contribution in [0, 0.1) is 5.92 Å². The number of hydrogen-bond donors (Lipinski definition) is 2. The molecule has 0 spiro atoms. The molecule has 1 rings (SSSR count). The van der Waals surface area contributed by atoms with Crippen LogP contribution in [0.2, 0.25) is 0 Å². The average molecular weight is 249 g/mol. The van der Waals surface area contributed by atoms with Gasteiger partial charge < -0.3 is 10.4 Å².